The lowest BCUT2D eigenvalue weighted by Crippen LogP contribution is -2.37. The van der Waals surface area contributed by atoms with Gasteiger partial charge in [-0.25, -0.2) is 4.79 Å². The summed E-state index contributed by atoms with van der Waals surface area (Å²) in [5.74, 6) is -1.01. The van der Waals surface area contributed by atoms with Crippen LogP contribution in [0.1, 0.15) is 12.1 Å². The van der Waals surface area contributed by atoms with Gasteiger partial charge in [-0.3, -0.25) is 9.78 Å². The predicted molar refractivity (Wildman–Crippen MR) is 63.6 cm³/mol. The maximum Gasteiger partial charge on any atom is 0.336 e. The van der Waals surface area contributed by atoms with E-state index in [0.29, 0.717) is 6.42 Å². The van der Waals surface area contributed by atoms with Crippen LogP contribution in [0.2, 0.25) is 0 Å². The Kier molecular flexibility index (Phi) is 5.79. The third-order valence-corrected chi connectivity index (χ3v) is 2.30. The van der Waals surface area contributed by atoms with Crippen molar-refractivity contribution >= 4 is 11.9 Å². The van der Waals surface area contributed by atoms with Gasteiger partial charge in [0, 0.05) is 18.3 Å². The number of hydrogen-bond donors (Lipinski definition) is 2. The average molecular weight is 252 g/mol. The first-order chi connectivity index (χ1) is 8.63. The molecule has 0 aliphatic carbocycles. The Morgan fingerprint density at radius 2 is 2.28 bits per heavy atom. The molecule has 98 valence electrons. The molecule has 1 aromatic heterocycles. The Labute approximate surface area is 105 Å². The van der Waals surface area contributed by atoms with Crippen LogP contribution in [0.4, 0.5) is 0 Å². The second kappa shape index (κ2) is 7.39. The zero-order valence-corrected chi connectivity index (χ0v) is 10.1. The summed E-state index contributed by atoms with van der Waals surface area (Å²) in [6.07, 6.45) is 1.11. The van der Waals surface area contributed by atoms with Gasteiger partial charge in [0.2, 0.25) is 5.91 Å². The van der Waals surface area contributed by atoms with Gasteiger partial charge in [-0.2, -0.15) is 0 Å². The minimum absolute atomic E-state index is 0.145. The summed E-state index contributed by atoms with van der Waals surface area (Å²) in [5.41, 5.74) is 0.821. The number of ether oxygens (including phenoxy) is 1. The first-order valence-corrected chi connectivity index (χ1v) is 5.56. The third-order valence-electron chi connectivity index (χ3n) is 2.30. The number of amides is 1. The summed E-state index contributed by atoms with van der Waals surface area (Å²) in [6, 6.07) is 5.48. The normalized spacial score (nSPS) is 11.7. The highest BCUT2D eigenvalue weighted by Crippen LogP contribution is 1.98. The van der Waals surface area contributed by atoms with Crippen LogP contribution in [0.3, 0.4) is 0 Å². The fourth-order valence-corrected chi connectivity index (χ4v) is 1.31. The fraction of sp³-hybridized carbons (Fsp3) is 0.417. The van der Waals surface area contributed by atoms with Crippen LogP contribution in [-0.2, 0) is 20.7 Å². The highest BCUT2D eigenvalue weighted by atomic mass is 16.5. The molecule has 2 N–H and O–H groups in total. The average Bonchev–Trinajstić information content (AvgIpc) is 2.42. The molecule has 18 heavy (non-hydrogen) atoms. The summed E-state index contributed by atoms with van der Waals surface area (Å²) in [5, 5.41) is 11.7. The summed E-state index contributed by atoms with van der Waals surface area (Å²) >= 11 is 0. The molecule has 0 fully saturated rings. The summed E-state index contributed by atoms with van der Waals surface area (Å²) in [6.45, 7) is -0.145. The molecule has 0 spiro atoms. The number of esters is 1. The number of aryl methyl sites for hydroxylation is 1. The summed E-state index contributed by atoms with van der Waals surface area (Å²) in [7, 11) is 1.18. The first-order valence-electron chi connectivity index (χ1n) is 5.56. The Morgan fingerprint density at radius 1 is 1.50 bits per heavy atom. The lowest BCUT2D eigenvalue weighted by molar-refractivity contribution is -0.150. The van der Waals surface area contributed by atoms with Crippen LogP contribution in [0.15, 0.2) is 24.4 Å². The SMILES string of the molecule is COC(=O)C(O)CNC(=O)CCc1ccccn1. The van der Waals surface area contributed by atoms with Crippen molar-refractivity contribution in [1.29, 1.82) is 0 Å². The largest absolute Gasteiger partial charge is 0.467 e. The lowest BCUT2D eigenvalue weighted by Gasteiger charge is -2.09. The maximum atomic E-state index is 11.4. The van der Waals surface area contributed by atoms with Crippen molar-refractivity contribution in [1.82, 2.24) is 10.3 Å². The number of aromatic nitrogens is 1. The van der Waals surface area contributed by atoms with Crippen molar-refractivity contribution in [2.45, 2.75) is 18.9 Å². The van der Waals surface area contributed by atoms with E-state index < -0.39 is 12.1 Å². The van der Waals surface area contributed by atoms with Crippen LogP contribution in [0.5, 0.6) is 0 Å². The zero-order valence-electron chi connectivity index (χ0n) is 10.1. The van der Waals surface area contributed by atoms with Gasteiger partial charge in [0.15, 0.2) is 6.10 Å². The number of hydrogen-bond acceptors (Lipinski definition) is 5. The fourth-order valence-electron chi connectivity index (χ4n) is 1.31. The van der Waals surface area contributed by atoms with Gasteiger partial charge in [0.25, 0.3) is 0 Å². The molecule has 1 heterocycles. The van der Waals surface area contributed by atoms with Crippen LogP contribution < -0.4 is 5.32 Å². The molecule has 0 aromatic carbocycles. The molecule has 0 saturated carbocycles. The Bertz CT molecular complexity index is 394. The van der Waals surface area contributed by atoms with E-state index in [1.54, 1.807) is 12.3 Å². The number of methoxy groups -OCH3 is 1. The smallest absolute Gasteiger partial charge is 0.336 e. The number of nitrogens with one attached hydrogen (secondary N) is 1. The van der Waals surface area contributed by atoms with Gasteiger partial charge in [0.05, 0.1) is 13.7 Å². The topological polar surface area (TPSA) is 88.5 Å². The van der Waals surface area contributed by atoms with Crippen LogP contribution in [0.25, 0.3) is 0 Å². The minimum atomic E-state index is -1.33. The van der Waals surface area contributed by atoms with Gasteiger partial charge >= 0.3 is 5.97 Å². The standard InChI is InChI=1S/C12H16N2O4/c1-18-12(17)10(15)8-14-11(16)6-5-9-4-2-3-7-13-9/h2-4,7,10,15H,5-6,8H2,1H3,(H,14,16). The van der Waals surface area contributed by atoms with Gasteiger partial charge in [-0.15, -0.1) is 0 Å². The van der Waals surface area contributed by atoms with Crippen LogP contribution >= 0.6 is 0 Å². The van der Waals surface area contributed by atoms with Crippen molar-refractivity contribution < 1.29 is 19.4 Å². The van der Waals surface area contributed by atoms with Crippen molar-refractivity contribution in [3.8, 4) is 0 Å². The first kappa shape index (κ1) is 14.1. The van der Waals surface area contributed by atoms with Crippen LogP contribution in [0, 0.1) is 0 Å². The molecule has 0 radical (unpaired) electrons. The third kappa shape index (κ3) is 4.92. The molecule has 1 atom stereocenters. The molecule has 0 bridgehead atoms. The van der Waals surface area contributed by atoms with Gasteiger partial charge in [-0.1, -0.05) is 6.07 Å². The van der Waals surface area contributed by atoms with E-state index in [9.17, 15) is 14.7 Å². The van der Waals surface area contributed by atoms with Crippen LogP contribution in [-0.4, -0.2) is 41.7 Å². The number of nitrogens with zero attached hydrogens (tertiary/aromatic N) is 1. The maximum absolute atomic E-state index is 11.4. The molecule has 0 saturated heterocycles. The number of pyridine rings is 1. The van der Waals surface area contributed by atoms with Gasteiger partial charge < -0.3 is 15.2 Å². The van der Waals surface area contributed by atoms with E-state index in [2.05, 4.69) is 15.0 Å². The monoisotopic (exact) mass is 252 g/mol. The van der Waals surface area contributed by atoms with Crippen molar-refractivity contribution in [2.24, 2.45) is 0 Å². The molecule has 1 rings (SSSR count). The van der Waals surface area contributed by atoms with Gasteiger partial charge in [0.1, 0.15) is 0 Å². The number of aliphatic hydroxyl groups excluding tert-OH is 1. The number of carbonyl (C=O) groups excluding carboxylic acids is 2. The van der Waals surface area contributed by atoms with E-state index in [-0.39, 0.29) is 18.9 Å². The van der Waals surface area contributed by atoms with Gasteiger partial charge in [-0.05, 0) is 18.6 Å². The highest BCUT2D eigenvalue weighted by molar-refractivity contribution is 5.78. The molecule has 1 aromatic rings. The van der Waals surface area contributed by atoms with E-state index in [4.69, 9.17) is 0 Å². The second-order valence-electron chi connectivity index (χ2n) is 3.66. The van der Waals surface area contributed by atoms with Crippen molar-refractivity contribution in [2.75, 3.05) is 13.7 Å². The molecule has 6 nitrogen and oxygen atoms in total. The van der Waals surface area contributed by atoms with E-state index >= 15 is 0 Å². The van der Waals surface area contributed by atoms with Crippen molar-refractivity contribution in [3.63, 3.8) is 0 Å². The quantitative estimate of drug-likeness (QED) is 0.676. The Balaban J connectivity index is 2.24. The Morgan fingerprint density at radius 3 is 2.89 bits per heavy atom. The van der Waals surface area contributed by atoms with E-state index in [0.717, 1.165) is 5.69 Å². The highest BCUT2D eigenvalue weighted by Gasteiger charge is 2.15. The lowest BCUT2D eigenvalue weighted by atomic mass is 10.2. The predicted octanol–water partition coefficient (Wildman–Crippen LogP) is -0.336. The molecule has 1 unspecified atom stereocenters. The van der Waals surface area contributed by atoms with Crippen molar-refractivity contribution in [3.05, 3.63) is 30.1 Å². The summed E-state index contributed by atoms with van der Waals surface area (Å²) in [4.78, 5) is 26.4. The summed E-state index contributed by atoms with van der Waals surface area (Å²) < 4.78 is 4.32. The molecule has 1 amide bonds. The number of rotatable bonds is 6. The number of carbonyl (C=O) groups is 2. The molecular weight excluding hydrogens is 236 g/mol. The second-order valence-corrected chi connectivity index (χ2v) is 3.66. The number of aliphatic hydroxyl groups is 1. The molecule has 0 aliphatic rings. The van der Waals surface area contributed by atoms with E-state index in [1.807, 2.05) is 12.1 Å². The molecular formula is C12H16N2O4. The zero-order chi connectivity index (χ0) is 13.4. The molecule has 0 aliphatic heterocycles. The minimum Gasteiger partial charge on any atom is -0.467 e. The van der Waals surface area contributed by atoms with E-state index in [1.165, 1.54) is 7.11 Å². The molecule has 6 heteroatoms. The Hall–Kier alpha value is -1.95.